The molecule has 0 aliphatic heterocycles. The van der Waals surface area contributed by atoms with E-state index in [0.29, 0.717) is 36.9 Å². The lowest BCUT2D eigenvalue weighted by Gasteiger charge is -2.12. The fourth-order valence-electron chi connectivity index (χ4n) is 2.68. The van der Waals surface area contributed by atoms with Gasteiger partial charge >= 0.3 is 0 Å². The van der Waals surface area contributed by atoms with Crippen LogP contribution in [-0.2, 0) is 18.4 Å². The number of aryl methyl sites for hydroxylation is 2. The van der Waals surface area contributed by atoms with Gasteiger partial charge in [-0.3, -0.25) is 14.5 Å². The average Bonchev–Trinajstić information content (AvgIpc) is 2.88. The first-order valence-electron chi connectivity index (χ1n) is 8.89. The van der Waals surface area contributed by atoms with Crippen molar-refractivity contribution in [2.45, 2.75) is 33.2 Å². The molecule has 0 aliphatic carbocycles. The molecule has 7 nitrogen and oxygen atoms in total. The van der Waals surface area contributed by atoms with Crippen LogP contribution in [0.25, 0.3) is 0 Å². The Hall–Kier alpha value is -1.81. The molecule has 0 unspecified atom stereocenters. The van der Waals surface area contributed by atoms with Gasteiger partial charge in [0.05, 0.1) is 5.69 Å². The third-order valence-corrected chi connectivity index (χ3v) is 4.57. The number of rotatable bonds is 7. The largest absolute Gasteiger partial charge is 0.356 e. The molecule has 1 amide bonds. The van der Waals surface area contributed by atoms with E-state index in [0.717, 1.165) is 17.1 Å². The van der Waals surface area contributed by atoms with Gasteiger partial charge in [0.1, 0.15) is 0 Å². The van der Waals surface area contributed by atoms with Gasteiger partial charge in [0.2, 0.25) is 5.91 Å². The van der Waals surface area contributed by atoms with E-state index in [1.165, 1.54) is 5.56 Å². The smallest absolute Gasteiger partial charge is 0.224 e. The highest BCUT2D eigenvalue weighted by Gasteiger charge is 2.09. The maximum Gasteiger partial charge on any atom is 0.224 e. The first kappa shape index (κ1) is 24.2. The molecule has 0 saturated carbocycles. The summed E-state index contributed by atoms with van der Waals surface area (Å²) in [5, 5.41) is 14.4. The minimum atomic E-state index is -0.0244. The number of nitrogens with one attached hydrogen (secondary N) is 3. The molecular formula is C19H28ClIN6O. The van der Waals surface area contributed by atoms with Crippen molar-refractivity contribution in [2.75, 3.05) is 18.9 Å². The van der Waals surface area contributed by atoms with E-state index in [-0.39, 0.29) is 29.9 Å². The fourth-order valence-corrected chi connectivity index (χ4v) is 2.80. The Morgan fingerprint density at radius 1 is 1.21 bits per heavy atom. The van der Waals surface area contributed by atoms with Crippen LogP contribution in [0.1, 0.15) is 29.8 Å². The zero-order chi connectivity index (χ0) is 19.8. The maximum atomic E-state index is 12.0. The van der Waals surface area contributed by atoms with E-state index in [1.807, 2.05) is 25.6 Å². The molecule has 0 aliphatic rings. The van der Waals surface area contributed by atoms with Crippen molar-refractivity contribution in [1.82, 2.24) is 20.4 Å². The van der Waals surface area contributed by atoms with Gasteiger partial charge in [-0.2, -0.15) is 5.10 Å². The standard InChI is InChI=1S/C19H27ClN6O.HI/c1-13-17(14(2)26(4)25-13)12-23-19(21-3)22-11-5-6-18(27)24-16-9-7-15(20)8-10-16;/h7-10H,5-6,11-12H2,1-4H3,(H,24,27)(H2,21,22,23);1H. The SMILES string of the molecule is CN=C(NCCCC(=O)Nc1ccc(Cl)cc1)NCc1c(C)nn(C)c1C.I. The lowest BCUT2D eigenvalue weighted by atomic mass is 10.2. The predicted molar refractivity (Wildman–Crippen MR) is 126 cm³/mol. The summed E-state index contributed by atoms with van der Waals surface area (Å²) in [6.45, 7) is 5.35. The van der Waals surface area contributed by atoms with Crippen molar-refractivity contribution < 1.29 is 4.79 Å². The molecule has 0 bridgehead atoms. The van der Waals surface area contributed by atoms with Crippen molar-refractivity contribution >= 4 is 53.1 Å². The van der Waals surface area contributed by atoms with E-state index in [2.05, 4.69) is 26.0 Å². The fraction of sp³-hybridized carbons (Fsp3) is 0.421. The van der Waals surface area contributed by atoms with E-state index >= 15 is 0 Å². The number of hydrogen-bond acceptors (Lipinski definition) is 3. The molecular weight excluding hydrogens is 491 g/mol. The third-order valence-electron chi connectivity index (χ3n) is 4.32. The molecule has 154 valence electrons. The number of anilines is 1. The minimum absolute atomic E-state index is 0. The van der Waals surface area contributed by atoms with Crippen LogP contribution in [-0.4, -0.2) is 35.2 Å². The van der Waals surface area contributed by atoms with Crippen LogP contribution in [0.3, 0.4) is 0 Å². The van der Waals surface area contributed by atoms with Gasteiger partial charge in [-0.15, -0.1) is 24.0 Å². The van der Waals surface area contributed by atoms with Crippen LogP contribution in [0.5, 0.6) is 0 Å². The van der Waals surface area contributed by atoms with E-state index in [1.54, 1.807) is 31.3 Å². The topological polar surface area (TPSA) is 83.3 Å². The van der Waals surface area contributed by atoms with Crippen LogP contribution in [0.15, 0.2) is 29.3 Å². The zero-order valence-corrected chi connectivity index (χ0v) is 19.8. The molecule has 9 heteroatoms. The zero-order valence-electron chi connectivity index (χ0n) is 16.7. The Kier molecular flexibility index (Phi) is 10.3. The normalized spacial score (nSPS) is 11.0. The first-order chi connectivity index (χ1) is 12.9. The summed E-state index contributed by atoms with van der Waals surface area (Å²) >= 11 is 5.83. The van der Waals surface area contributed by atoms with Gasteiger partial charge in [0.25, 0.3) is 0 Å². The lowest BCUT2D eigenvalue weighted by Crippen LogP contribution is -2.37. The number of nitrogens with zero attached hydrogens (tertiary/aromatic N) is 3. The summed E-state index contributed by atoms with van der Waals surface area (Å²) in [6, 6.07) is 7.07. The summed E-state index contributed by atoms with van der Waals surface area (Å²) in [7, 11) is 3.67. The summed E-state index contributed by atoms with van der Waals surface area (Å²) in [5.41, 5.74) is 4.06. The molecule has 0 atom stereocenters. The summed E-state index contributed by atoms with van der Waals surface area (Å²) in [5.74, 6) is 0.680. The summed E-state index contributed by atoms with van der Waals surface area (Å²) in [6.07, 6.45) is 1.12. The van der Waals surface area contributed by atoms with Crippen molar-refractivity contribution in [3.05, 3.63) is 46.2 Å². The second kappa shape index (κ2) is 11.9. The second-order valence-corrected chi connectivity index (χ2v) is 6.72. The van der Waals surface area contributed by atoms with Crippen LogP contribution < -0.4 is 16.0 Å². The van der Waals surface area contributed by atoms with Gasteiger partial charge in [0, 0.05) is 55.6 Å². The van der Waals surface area contributed by atoms with Crippen LogP contribution >= 0.6 is 35.6 Å². The second-order valence-electron chi connectivity index (χ2n) is 6.28. The van der Waals surface area contributed by atoms with Crippen LogP contribution in [0, 0.1) is 13.8 Å². The highest BCUT2D eigenvalue weighted by Crippen LogP contribution is 2.13. The molecule has 2 rings (SSSR count). The number of carbonyl (C=O) groups excluding carboxylic acids is 1. The molecule has 1 aromatic heterocycles. The third kappa shape index (κ3) is 7.31. The van der Waals surface area contributed by atoms with E-state index < -0.39 is 0 Å². The minimum Gasteiger partial charge on any atom is -0.356 e. The average molecular weight is 519 g/mol. The molecule has 1 heterocycles. The van der Waals surface area contributed by atoms with Crippen molar-refractivity contribution in [3.8, 4) is 0 Å². The quantitative estimate of drug-likeness (QED) is 0.227. The molecule has 28 heavy (non-hydrogen) atoms. The van der Waals surface area contributed by atoms with E-state index in [4.69, 9.17) is 11.6 Å². The summed E-state index contributed by atoms with van der Waals surface area (Å²) < 4.78 is 1.88. The lowest BCUT2D eigenvalue weighted by molar-refractivity contribution is -0.116. The molecule has 1 aromatic carbocycles. The van der Waals surface area contributed by atoms with Crippen LogP contribution in [0.4, 0.5) is 5.69 Å². The number of guanidine groups is 1. The van der Waals surface area contributed by atoms with Crippen LogP contribution in [0.2, 0.25) is 5.02 Å². The monoisotopic (exact) mass is 518 g/mol. The first-order valence-corrected chi connectivity index (χ1v) is 9.27. The van der Waals surface area contributed by atoms with Gasteiger partial charge in [0.15, 0.2) is 5.96 Å². The van der Waals surface area contributed by atoms with Crippen molar-refractivity contribution in [2.24, 2.45) is 12.0 Å². The molecule has 0 spiro atoms. The van der Waals surface area contributed by atoms with Gasteiger partial charge in [-0.05, 0) is 44.5 Å². The Balaban J connectivity index is 0.00000392. The molecule has 0 radical (unpaired) electrons. The number of hydrogen-bond donors (Lipinski definition) is 3. The molecule has 0 fully saturated rings. The molecule has 0 saturated heterocycles. The number of amides is 1. The Morgan fingerprint density at radius 3 is 2.46 bits per heavy atom. The van der Waals surface area contributed by atoms with Gasteiger partial charge in [-0.1, -0.05) is 11.6 Å². The number of aliphatic imine (C=N–C) groups is 1. The maximum absolute atomic E-state index is 12.0. The predicted octanol–water partition coefficient (Wildman–Crippen LogP) is 3.39. The highest BCUT2D eigenvalue weighted by atomic mass is 127. The number of carbonyl (C=O) groups is 1. The van der Waals surface area contributed by atoms with Crippen molar-refractivity contribution in [3.63, 3.8) is 0 Å². The van der Waals surface area contributed by atoms with E-state index in [9.17, 15) is 4.79 Å². The van der Waals surface area contributed by atoms with Gasteiger partial charge < -0.3 is 16.0 Å². The highest BCUT2D eigenvalue weighted by molar-refractivity contribution is 14.0. The molecule has 2 aromatic rings. The number of halogens is 2. The Bertz CT molecular complexity index is 804. The van der Waals surface area contributed by atoms with Gasteiger partial charge in [-0.25, -0.2) is 0 Å². The number of benzene rings is 1. The van der Waals surface area contributed by atoms with Crippen molar-refractivity contribution in [1.29, 1.82) is 0 Å². The Labute approximate surface area is 188 Å². The summed E-state index contributed by atoms with van der Waals surface area (Å²) in [4.78, 5) is 16.2. The molecule has 3 N–H and O–H groups in total. The Morgan fingerprint density at radius 2 is 1.89 bits per heavy atom. The number of aromatic nitrogens is 2.